The molecule has 0 bridgehead atoms. The highest BCUT2D eigenvalue weighted by molar-refractivity contribution is 8.00. The summed E-state index contributed by atoms with van der Waals surface area (Å²) in [5, 5.41) is 3.71. The number of hydrogen-bond donors (Lipinski definition) is 1. The summed E-state index contributed by atoms with van der Waals surface area (Å²) in [6, 6.07) is 8.32. The van der Waals surface area contributed by atoms with Crippen LogP contribution in [-0.2, 0) is 9.59 Å². The van der Waals surface area contributed by atoms with Crippen LogP contribution in [0.3, 0.4) is 0 Å². The van der Waals surface area contributed by atoms with Gasteiger partial charge in [0.05, 0.1) is 10.6 Å². The van der Waals surface area contributed by atoms with Crippen LogP contribution in [0.5, 0.6) is 0 Å². The van der Waals surface area contributed by atoms with Crippen LogP contribution in [0.2, 0.25) is 10.2 Å². The molecule has 3 heterocycles. The van der Waals surface area contributed by atoms with E-state index in [0.717, 1.165) is 5.69 Å². The van der Waals surface area contributed by atoms with Gasteiger partial charge in [-0.3, -0.25) is 19.8 Å². The Bertz CT molecular complexity index is 1240. The van der Waals surface area contributed by atoms with Gasteiger partial charge in [0.25, 0.3) is 11.8 Å². The minimum absolute atomic E-state index is 0.0160. The number of rotatable bonds is 4. The van der Waals surface area contributed by atoms with Crippen LogP contribution in [0.25, 0.3) is 6.08 Å². The van der Waals surface area contributed by atoms with E-state index in [1.165, 1.54) is 34.1 Å². The number of thiocarbonyl (C=S) groups is 1. The van der Waals surface area contributed by atoms with Crippen molar-refractivity contribution < 1.29 is 9.59 Å². The Morgan fingerprint density at radius 3 is 2.61 bits per heavy atom. The molecule has 1 N–H and O–H groups in total. The maximum Gasteiger partial charge on any atom is 0.270 e. The number of nitrogens with zero attached hydrogens (tertiary/aromatic N) is 4. The molecule has 31 heavy (non-hydrogen) atoms. The number of aryl methyl sites for hydroxylation is 1. The lowest BCUT2D eigenvalue weighted by molar-refractivity contribution is -0.122. The fourth-order valence-corrected chi connectivity index (χ4v) is 5.24. The number of anilines is 1. The topological polar surface area (TPSA) is 88.1 Å². The molecule has 0 atom stereocenters. The first kappa shape index (κ1) is 21.8. The average Bonchev–Trinajstić information content (AvgIpc) is 3.05. The number of amides is 2. The molecule has 12 heteroatoms. The van der Waals surface area contributed by atoms with E-state index in [4.69, 9.17) is 35.4 Å². The molecule has 0 saturated carbocycles. The van der Waals surface area contributed by atoms with Crippen molar-refractivity contribution in [1.29, 1.82) is 0 Å². The second-order valence-electron chi connectivity index (χ2n) is 6.15. The third kappa shape index (κ3) is 4.78. The summed E-state index contributed by atoms with van der Waals surface area (Å²) in [5.74, 6) is -1.18. The van der Waals surface area contributed by atoms with Crippen LogP contribution < -0.4 is 10.2 Å². The second-order valence-corrected chi connectivity index (χ2v) is 9.58. The first-order valence-electron chi connectivity index (χ1n) is 8.62. The van der Waals surface area contributed by atoms with Crippen LogP contribution in [0.4, 0.5) is 5.69 Å². The summed E-state index contributed by atoms with van der Waals surface area (Å²) in [7, 11) is 0. The zero-order valence-corrected chi connectivity index (χ0v) is 19.6. The summed E-state index contributed by atoms with van der Waals surface area (Å²) in [5.41, 5.74) is 1.19. The molecule has 3 aromatic rings. The lowest BCUT2D eigenvalue weighted by atomic mass is 10.1. The van der Waals surface area contributed by atoms with Crippen LogP contribution in [0, 0.1) is 6.92 Å². The highest BCUT2D eigenvalue weighted by Gasteiger charge is 2.34. The third-order valence-electron chi connectivity index (χ3n) is 4.00. The smallest absolute Gasteiger partial charge is 0.270 e. The fraction of sp³-hybridized carbons (Fsp3) is 0.0526. The minimum Gasteiger partial charge on any atom is -0.298 e. The normalized spacial score (nSPS) is 15.5. The van der Waals surface area contributed by atoms with E-state index in [9.17, 15) is 9.59 Å². The van der Waals surface area contributed by atoms with Crippen LogP contribution in [-0.4, -0.2) is 31.9 Å². The number of nitrogens with one attached hydrogen (secondary N) is 1. The van der Waals surface area contributed by atoms with Gasteiger partial charge in [-0.15, -0.1) is 11.3 Å². The van der Waals surface area contributed by atoms with Gasteiger partial charge in [0.2, 0.25) is 0 Å². The average molecular weight is 508 g/mol. The van der Waals surface area contributed by atoms with Gasteiger partial charge < -0.3 is 0 Å². The van der Waals surface area contributed by atoms with E-state index in [1.807, 2.05) is 6.92 Å². The summed E-state index contributed by atoms with van der Waals surface area (Å²) in [6.07, 6.45) is 3.06. The van der Waals surface area contributed by atoms with Gasteiger partial charge in [0.1, 0.15) is 10.7 Å². The van der Waals surface area contributed by atoms with Crippen molar-refractivity contribution in [1.82, 2.24) is 20.3 Å². The molecular weight excluding hydrogens is 497 g/mol. The molecule has 1 fully saturated rings. The Morgan fingerprint density at radius 2 is 1.90 bits per heavy atom. The monoisotopic (exact) mass is 507 g/mol. The van der Waals surface area contributed by atoms with Gasteiger partial charge in [-0.1, -0.05) is 23.2 Å². The summed E-state index contributed by atoms with van der Waals surface area (Å²) < 4.78 is 0.580. The second kappa shape index (κ2) is 9.01. The lowest BCUT2D eigenvalue weighted by Crippen LogP contribution is -2.54. The van der Waals surface area contributed by atoms with Crippen molar-refractivity contribution in [2.24, 2.45) is 0 Å². The van der Waals surface area contributed by atoms with E-state index in [-0.39, 0.29) is 15.8 Å². The van der Waals surface area contributed by atoms with Gasteiger partial charge in [-0.2, -0.15) is 0 Å². The van der Waals surface area contributed by atoms with Crippen molar-refractivity contribution in [3.63, 3.8) is 0 Å². The fourth-order valence-electron chi connectivity index (χ4n) is 2.59. The molecule has 1 aliphatic heterocycles. The molecule has 0 spiro atoms. The molecule has 4 rings (SSSR count). The summed E-state index contributed by atoms with van der Waals surface area (Å²) in [4.78, 5) is 40.0. The van der Waals surface area contributed by atoms with Gasteiger partial charge in [-0.25, -0.2) is 15.0 Å². The predicted octanol–water partition coefficient (Wildman–Crippen LogP) is 4.53. The zero-order valence-electron chi connectivity index (χ0n) is 15.6. The number of halogens is 2. The molecule has 7 nitrogen and oxygen atoms in total. The van der Waals surface area contributed by atoms with Crippen molar-refractivity contribution in [3.05, 3.63) is 62.8 Å². The van der Waals surface area contributed by atoms with Crippen molar-refractivity contribution in [2.45, 2.75) is 16.4 Å². The van der Waals surface area contributed by atoms with Gasteiger partial charge >= 0.3 is 0 Å². The summed E-state index contributed by atoms with van der Waals surface area (Å²) >= 11 is 19.8. The van der Waals surface area contributed by atoms with E-state index in [0.29, 0.717) is 25.1 Å². The molecule has 1 saturated heterocycles. The maximum absolute atomic E-state index is 13.1. The summed E-state index contributed by atoms with van der Waals surface area (Å²) in [6.45, 7) is 1.86. The molecule has 2 amide bonds. The molecule has 1 aromatic carbocycles. The van der Waals surface area contributed by atoms with Crippen LogP contribution in [0.1, 0.15) is 10.6 Å². The minimum atomic E-state index is -0.610. The predicted molar refractivity (Wildman–Crippen MR) is 126 cm³/mol. The highest BCUT2D eigenvalue weighted by atomic mass is 35.5. The van der Waals surface area contributed by atoms with E-state index >= 15 is 0 Å². The largest absolute Gasteiger partial charge is 0.298 e. The third-order valence-corrected chi connectivity index (χ3v) is 6.88. The first-order valence-corrected chi connectivity index (χ1v) is 11.4. The molecule has 0 radical (unpaired) electrons. The van der Waals surface area contributed by atoms with Crippen molar-refractivity contribution in [2.75, 3.05) is 4.90 Å². The lowest BCUT2D eigenvalue weighted by Gasteiger charge is -2.28. The molecule has 156 valence electrons. The Hall–Kier alpha value is -2.37. The van der Waals surface area contributed by atoms with Gasteiger partial charge in [0.15, 0.2) is 14.6 Å². The molecule has 0 aliphatic carbocycles. The number of thiazole rings is 1. The molecule has 0 unspecified atom stereocenters. The number of carbonyl (C=O) groups excluding carboxylic acids is 2. The quantitative estimate of drug-likeness (QED) is 0.240. The molecule has 1 aliphatic rings. The first-order chi connectivity index (χ1) is 14.8. The maximum atomic E-state index is 13.1. The molecule has 2 aromatic heterocycles. The van der Waals surface area contributed by atoms with E-state index in [1.54, 1.807) is 36.5 Å². The number of carbonyl (C=O) groups is 2. The Kier molecular flexibility index (Phi) is 6.35. The van der Waals surface area contributed by atoms with Gasteiger partial charge in [-0.05, 0) is 67.3 Å². The van der Waals surface area contributed by atoms with Crippen LogP contribution >= 0.6 is 58.5 Å². The Balaban J connectivity index is 1.64. The van der Waals surface area contributed by atoms with Crippen LogP contribution in [0.15, 0.2) is 51.6 Å². The van der Waals surface area contributed by atoms with E-state index < -0.39 is 11.8 Å². The van der Waals surface area contributed by atoms with Gasteiger partial charge in [0, 0.05) is 16.9 Å². The number of hydrogen-bond acceptors (Lipinski definition) is 8. The molecular formula is C19H11Cl2N5O2S3. The van der Waals surface area contributed by atoms with E-state index in [2.05, 4.69) is 20.3 Å². The number of aromatic nitrogens is 3. The van der Waals surface area contributed by atoms with Crippen molar-refractivity contribution in [3.8, 4) is 0 Å². The van der Waals surface area contributed by atoms with Crippen molar-refractivity contribution >= 4 is 87.2 Å². The zero-order chi connectivity index (χ0) is 22.1. The SMILES string of the molecule is Cc1ccnc(Sc2nc(Cl)c(C=C3C(=O)NC(=S)N(c4ccc(Cl)cc4)C3=O)s2)n1. The standard InChI is InChI=1S/C19H11Cl2N5O2S3/c1-9-6-7-22-17(23-9)31-19-24-14(21)13(30-19)8-12-15(27)25-18(29)26(16(12)28)11-4-2-10(20)3-5-11/h2-8H,1H3,(H,25,27,29). The Labute approximate surface area is 200 Å². The Morgan fingerprint density at radius 1 is 1.16 bits per heavy atom. The highest BCUT2D eigenvalue weighted by Crippen LogP contribution is 2.35. The number of benzene rings is 1.